The van der Waals surface area contributed by atoms with Crippen molar-refractivity contribution in [3.63, 3.8) is 0 Å². The van der Waals surface area contributed by atoms with Crippen molar-refractivity contribution in [2.24, 2.45) is 11.8 Å². The second-order valence-electron chi connectivity index (χ2n) is 5.28. The first-order valence-corrected chi connectivity index (χ1v) is 6.86. The number of hydrazine groups is 1. The Morgan fingerprint density at radius 3 is 2.68 bits per heavy atom. The number of rotatable bonds is 3. The van der Waals surface area contributed by atoms with E-state index in [1.54, 1.807) is 0 Å². The number of benzene rings is 2. The third-order valence-corrected chi connectivity index (χ3v) is 4.18. The molecule has 100 valence electrons. The summed E-state index contributed by atoms with van der Waals surface area (Å²) in [5.41, 5.74) is 4.21. The molecule has 0 aliphatic carbocycles. The zero-order valence-corrected chi connectivity index (χ0v) is 11.2. The molecule has 1 aliphatic heterocycles. The van der Waals surface area contributed by atoms with Gasteiger partial charge in [-0.2, -0.15) is 0 Å². The number of hydrogen-bond acceptors (Lipinski definition) is 3. The van der Waals surface area contributed by atoms with E-state index >= 15 is 0 Å². The molecule has 3 nitrogen and oxygen atoms in total. The molecule has 1 aliphatic rings. The number of fused-ring (bicyclic) bond motifs is 1. The van der Waals surface area contributed by atoms with Crippen LogP contribution in [0.2, 0.25) is 0 Å². The van der Waals surface area contributed by atoms with Gasteiger partial charge in [-0.1, -0.05) is 36.4 Å². The maximum atomic E-state index is 5.79. The molecule has 19 heavy (non-hydrogen) atoms. The van der Waals surface area contributed by atoms with Crippen LogP contribution in [0.5, 0.6) is 0 Å². The maximum Gasteiger partial charge on any atom is 0.0594 e. The molecule has 3 heteroatoms. The smallest absolute Gasteiger partial charge is 0.0594 e. The highest BCUT2D eigenvalue weighted by molar-refractivity contribution is 5.83. The summed E-state index contributed by atoms with van der Waals surface area (Å²) in [7, 11) is 0. The summed E-state index contributed by atoms with van der Waals surface area (Å²) < 4.78 is 5.66. The Hall–Kier alpha value is -1.42. The normalized spacial score (nSPS) is 24.7. The molecular weight excluding hydrogens is 236 g/mol. The fourth-order valence-corrected chi connectivity index (χ4v) is 3.05. The number of hydrogen-bond donors (Lipinski definition) is 2. The first-order chi connectivity index (χ1) is 9.29. The van der Waals surface area contributed by atoms with Crippen LogP contribution in [0.25, 0.3) is 10.8 Å². The van der Waals surface area contributed by atoms with Gasteiger partial charge in [0.1, 0.15) is 0 Å². The summed E-state index contributed by atoms with van der Waals surface area (Å²) in [6, 6.07) is 15.1. The van der Waals surface area contributed by atoms with Crippen LogP contribution in [0.4, 0.5) is 0 Å². The van der Waals surface area contributed by atoms with Gasteiger partial charge in [-0.3, -0.25) is 11.3 Å². The van der Waals surface area contributed by atoms with Gasteiger partial charge in [0.2, 0.25) is 0 Å². The minimum Gasteiger partial charge on any atom is -0.378 e. The van der Waals surface area contributed by atoms with Crippen molar-refractivity contribution in [3.05, 3.63) is 48.0 Å². The molecule has 3 rings (SSSR count). The molecule has 0 radical (unpaired) electrons. The van der Waals surface area contributed by atoms with Crippen LogP contribution < -0.4 is 11.3 Å². The van der Waals surface area contributed by atoms with Crippen molar-refractivity contribution in [3.8, 4) is 0 Å². The lowest BCUT2D eigenvalue weighted by Crippen LogP contribution is -2.36. The maximum absolute atomic E-state index is 5.79. The van der Waals surface area contributed by atoms with Crippen LogP contribution in [0.3, 0.4) is 0 Å². The predicted octanol–water partition coefficient (Wildman–Crippen LogP) is 2.77. The van der Waals surface area contributed by atoms with Gasteiger partial charge in [0, 0.05) is 12.5 Å². The molecule has 0 amide bonds. The van der Waals surface area contributed by atoms with Gasteiger partial charge >= 0.3 is 0 Å². The Morgan fingerprint density at radius 2 is 2.00 bits per heavy atom. The fourth-order valence-electron chi connectivity index (χ4n) is 3.05. The molecule has 0 bridgehead atoms. The van der Waals surface area contributed by atoms with E-state index in [4.69, 9.17) is 10.6 Å². The summed E-state index contributed by atoms with van der Waals surface area (Å²) in [4.78, 5) is 0. The zero-order chi connectivity index (χ0) is 13.2. The van der Waals surface area contributed by atoms with Crippen LogP contribution >= 0.6 is 0 Å². The molecule has 3 N–H and O–H groups in total. The van der Waals surface area contributed by atoms with E-state index in [0.29, 0.717) is 5.92 Å². The molecule has 3 atom stereocenters. The van der Waals surface area contributed by atoms with E-state index in [1.807, 2.05) is 0 Å². The monoisotopic (exact) mass is 256 g/mol. The average molecular weight is 256 g/mol. The second kappa shape index (κ2) is 5.29. The van der Waals surface area contributed by atoms with Gasteiger partial charge in [-0.15, -0.1) is 0 Å². The quantitative estimate of drug-likeness (QED) is 0.655. The topological polar surface area (TPSA) is 47.3 Å². The van der Waals surface area contributed by atoms with Crippen LogP contribution in [-0.4, -0.2) is 12.7 Å². The molecule has 0 aromatic heterocycles. The molecule has 1 heterocycles. The van der Waals surface area contributed by atoms with Gasteiger partial charge in [0.05, 0.1) is 12.1 Å². The van der Waals surface area contributed by atoms with E-state index in [-0.39, 0.29) is 12.1 Å². The highest BCUT2D eigenvalue weighted by Crippen LogP contribution is 2.33. The molecular formula is C16H20N2O. The second-order valence-corrected chi connectivity index (χ2v) is 5.28. The van der Waals surface area contributed by atoms with E-state index < -0.39 is 0 Å². The van der Waals surface area contributed by atoms with Gasteiger partial charge in [-0.25, -0.2) is 0 Å². The Labute approximate surface area is 113 Å². The van der Waals surface area contributed by atoms with E-state index in [1.165, 1.54) is 16.3 Å². The lowest BCUT2D eigenvalue weighted by molar-refractivity contribution is 0.0954. The Bertz CT molecular complexity index is 569. The third-order valence-electron chi connectivity index (χ3n) is 4.18. The molecule has 0 spiro atoms. The predicted molar refractivity (Wildman–Crippen MR) is 77.5 cm³/mol. The van der Waals surface area contributed by atoms with Gasteiger partial charge in [0.25, 0.3) is 0 Å². The summed E-state index contributed by atoms with van der Waals surface area (Å²) >= 11 is 0. The summed E-state index contributed by atoms with van der Waals surface area (Å²) in [5.74, 6) is 6.22. The number of ether oxygens (including phenoxy) is 1. The highest BCUT2D eigenvalue weighted by Gasteiger charge is 2.32. The van der Waals surface area contributed by atoms with Crippen molar-refractivity contribution in [2.75, 3.05) is 6.61 Å². The fraction of sp³-hybridized carbons (Fsp3) is 0.375. The number of nitrogens with two attached hydrogens (primary N) is 1. The van der Waals surface area contributed by atoms with Crippen LogP contribution in [0.15, 0.2) is 42.5 Å². The molecule has 1 fully saturated rings. The van der Waals surface area contributed by atoms with Gasteiger partial charge in [0.15, 0.2) is 0 Å². The number of nitrogens with one attached hydrogen (secondary N) is 1. The van der Waals surface area contributed by atoms with Crippen molar-refractivity contribution < 1.29 is 4.74 Å². The molecule has 3 unspecified atom stereocenters. The molecule has 0 saturated carbocycles. The standard InChI is InChI=1S/C16H20N2O/c1-11-15(8-9-19-11)16(18-17)14-7-6-12-4-2-3-5-13(12)10-14/h2-7,10-11,15-16,18H,8-9,17H2,1H3. The lowest BCUT2D eigenvalue weighted by atomic mass is 9.88. The minimum absolute atomic E-state index is 0.155. The van der Waals surface area contributed by atoms with Crippen molar-refractivity contribution in [2.45, 2.75) is 25.5 Å². The highest BCUT2D eigenvalue weighted by atomic mass is 16.5. The van der Waals surface area contributed by atoms with Crippen LogP contribution in [0.1, 0.15) is 24.9 Å². The summed E-state index contributed by atoms with van der Waals surface area (Å²) in [6.45, 7) is 2.96. The van der Waals surface area contributed by atoms with Crippen LogP contribution in [-0.2, 0) is 4.74 Å². The molecule has 2 aromatic carbocycles. The zero-order valence-electron chi connectivity index (χ0n) is 11.2. The van der Waals surface area contributed by atoms with Crippen LogP contribution in [0, 0.1) is 5.92 Å². The third kappa shape index (κ3) is 2.37. The lowest BCUT2D eigenvalue weighted by Gasteiger charge is -2.25. The molecule has 1 saturated heterocycles. The van der Waals surface area contributed by atoms with Crippen molar-refractivity contribution in [1.82, 2.24) is 5.43 Å². The Kier molecular flexibility index (Phi) is 3.51. The molecule has 2 aromatic rings. The van der Waals surface area contributed by atoms with Gasteiger partial charge in [-0.05, 0) is 35.7 Å². The minimum atomic E-state index is 0.155. The summed E-state index contributed by atoms with van der Waals surface area (Å²) in [5, 5.41) is 2.52. The van der Waals surface area contributed by atoms with Gasteiger partial charge < -0.3 is 4.74 Å². The largest absolute Gasteiger partial charge is 0.378 e. The van der Waals surface area contributed by atoms with E-state index in [9.17, 15) is 0 Å². The SMILES string of the molecule is CC1OCCC1C(NN)c1ccc2ccccc2c1. The average Bonchev–Trinajstić information content (AvgIpc) is 2.86. The first-order valence-electron chi connectivity index (χ1n) is 6.86. The summed E-state index contributed by atoms with van der Waals surface area (Å²) in [6.07, 6.45) is 1.32. The Balaban J connectivity index is 1.96. The van der Waals surface area contributed by atoms with Crippen molar-refractivity contribution in [1.29, 1.82) is 0 Å². The Morgan fingerprint density at radius 1 is 1.21 bits per heavy atom. The van der Waals surface area contributed by atoms with E-state index in [2.05, 4.69) is 54.8 Å². The van der Waals surface area contributed by atoms with Crippen molar-refractivity contribution >= 4 is 10.8 Å². The van der Waals surface area contributed by atoms with E-state index in [0.717, 1.165) is 13.0 Å². The first kappa shape index (κ1) is 12.6.